The molecular formula is C26H31NO. The van der Waals surface area contributed by atoms with Crippen molar-refractivity contribution in [2.24, 2.45) is 0 Å². The first-order valence-electron chi connectivity index (χ1n) is 10.5. The smallest absolute Gasteiger partial charge is 0.117 e. The summed E-state index contributed by atoms with van der Waals surface area (Å²) in [5, 5.41) is 10.2. The molecule has 0 aromatic heterocycles. The van der Waals surface area contributed by atoms with Crippen molar-refractivity contribution in [1.29, 1.82) is 0 Å². The summed E-state index contributed by atoms with van der Waals surface area (Å²) in [6, 6.07) is 24.9. The van der Waals surface area contributed by atoms with Crippen LogP contribution >= 0.6 is 0 Å². The van der Waals surface area contributed by atoms with Gasteiger partial charge in [0, 0.05) is 23.1 Å². The van der Waals surface area contributed by atoms with Crippen LogP contribution in [-0.4, -0.2) is 5.11 Å². The minimum absolute atomic E-state index is 0.291. The first-order chi connectivity index (χ1) is 13.7. The van der Waals surface area contributed by atoms with E-state index in [9.17, 15) is 5.11 Å². The summed E-state index contributed by atoms with van der Waals surface area (Å²) in [6.07, 6.45) is 6.80. The van der Waals surface area contributed by atoms with Crippen molar-refractivity contribution < 1.29 is 5.11 Å². The molecule has 0 bridgehead atoms. The van der Waals surface area contributed by atoms with Crippen LogP contribution in [0.15, 0.2) is 72.8 Å². The van der Waals surface area contributed by atoms with Crippen LogP contribution in [0.4, 0.5) is 17.1 Å². The topological polar surface area (TPSA) is 23.5 Å². The van der Waals surface area contributed by atoms with Gasteiger partial charge in [0.2, 0.25) is 0 Å². The van der Waals surface area contributed by atoms with E-state index >= 15 is 0 Å². The molecule has 0 aliphatic carbocycles. The number of aryl methyl sites for hydroxylation is 2. The van der Waals surface area contributed by atoms with Gasteiger partial charge in [0.1, 0.15) is 5.75 Å². The minimum atomic E-state index is 0.291. The highest BCUT2D eigenvalue weighted by Crippen LogP contribution is 2.40. The fraction of sp³-hybridized carbons (Fsp3) is 0.308. The fourth-order valence-corrected chi connectivity index (χ4v) is 3.66. The second-order valence-corrected chi connectivity index (χ2v) is 7.32. The van der Waals surface area contributed by atoms with Gasteiger partial charge in [-0.3, -0.25) is 0 Å². The lowest BCUT2D eigenvalue weighted by Crippen LogP contribution is -2.14. The van der Waals surface area contributed by atoms with Crippen LogP contribution in [0.1, 0.15) is 50.7 Å². The second-order valence-electron chi connectivity index (χ2n) is 7.32. The van der Waals surface area contributed by atoms with Gasteiger partial charge in [-0.25, -0.2) is 0 Å². The highest BCUT2D eigenvalue weighted by molar-refractivity contribution is 5.80. The molecule has 0 atom stereocenters. The van der Waals surface area contributed by atoms with E-state index in [-0.39, 0.29) is 0 Å². The third-order valence-electron chi connectivity index (χ3n) is 5.15. The summed E-state index contributed by atoms with van der Waals surface area (Å²) >= 11 is 0. The van der Waals surface area contributed by atoms with Crippen LogP contribution in [0.5, 0.6) is 5.75 Å². The molecule has 0 aliphatic heterocycles. The number of unbranched alkanes of at least 4 members (excludes halogenated alkanes) is 2. The van der Waals surface area contributed by atoms with E-state index in [1.54, 1.807) is 6.07 Å². The number of hydrogen-bond acceptors (Lipinski definition) is 2. The Labute approximate surface area is 169 Å². The van der Waals surface area contributed by atoms with E-state index in [1.807, 2.05) is 12.1 Å². The molecule has 0 saturated heterocycles. The Morgan fingerprint density at radius 1 is 0.679 bits per heavy atom. The normalized spacial score (nSPS) is 10.8. The lowest BCUT2D eigenvalue weighted by molar-refractivity contribution is 0.475. The molecule has 28 heavy (non-hydrogen) atoms. The molecule has 3 aromatic carbocycles. The molecule has 0 unspecified atom stereocenters. The summed E-state index contributed by atoms with van der Waals surface area (Å²) in [6.45, 7) is 4.46. The summed E-state index contributed by atoms with van der Waals surface area (Å²) in [7, 11) is 0. The molecule has 2 heteroatoms. The van der Waals surface area contributed by atoms with E-state index in [0.717, 1.165) is 18.5 Å². The van der Waals surface area contributed by atoms with Crippen LogP contribution in [-0.2, 0) is 12.8 Å². The molecule has 0 aliphatic rings. The minimum Gasteiger partial charge on any atom is -0.508 e. The molecule has 0 fully saturated rings. The molecule has 0 amide bonds. The highest BCUT2D eigenvalue weighted by atomic mass is 16.3. The third kappa shape index (κ3) is 4.75. The average molecular weight is 374 g/mol. The van der Waals surface area contributed by atoms with Gasteiger partial charge in [-0.15, -0.1) is 0 Å². The van der Waals surface area contributed by atoms with E-state index in [4.69, 9.17) is 0 Å². The zero-order valence-electron chi connectivity index (χ0n) is 17.1. The molecule has 2 nitrogen and oxygen atoms in total. The zero-order chi connectivity index (χ0) is 19.8. The Kier molecular flexibility index (Phi) is 7.13. The Morgan fingerprint density at radius 3 is 1.71 bits per heavy atom. The molecule has 0 saturated carbocycles. The summed E-state index contributed by atoms with van der Waals surface area (Å²) < 4.78 is 0. The maximum atomic E-state index is 10.2. The van der Waals surface area contributed by atoms with Crippen molar-refractivity contribution in [2.75, 3.05) is 4.90 Å². The fourth-order valence-electron chi connectivity index (χ4n) is 3.66. The van der Waals surface area contributed by atoms with E-state index < -0.39 is 0 Å². The first-order valence-corrected chi connectivity index (χ1v) is 10.5. The molecule has 0 heterocycles. The Hall–Kier alpha value is -2.74. The standard InChI is InChI=1S/C26H31NO/c1-3-5-12-21-14-7-9-18-25(21)27(23-16-11-17-24(28)20-23)26-19-10-8-15-22(26)13-6-4-2/h7-11,14-20,28H,3-6,12-13H2,1-2H3. The summed E-state index contributed by atoms with van der Waals surface area (Å²) in [5.41, 5.74) is 6.08. The predicted molar refractivity (Wildman–Crippen MR) is 120 cm³/mol. The Balaban J connectivity index is 2.16. The SMILES string of the molecule is CCCCc1ccccc1N(c1cccc(O)c1)c1ccccc1CCCC. The van der Waals surface area contributed by atoms with Gasteiger partial charge in [-0.2, -0.15) is 0 Å². The average Bonchev–Trinajstić information content (AvgIpc) is 2.72. The molecule has 146 valence electrons. The lowest BCUT2D eigenvalue weighted by atomic mass is 10.0. The van der Waals surface area contributed by atoms with Crippen molar-refractivity contribution in [3.63, 3.8) is 0 Å². The quantitative estimate of drug-likeness (QED) is 0.418. The van der Waals surface area contributed by atoms with Gasteiger partial charge in [-0.1, -0.05) is 69.2 Å². The van der Waals surface area contributed by atoms with Gasteiger partial charge in [-0.05, 0) is 61.1 Å². The lowest BCUT2D eigenvalue weighted by Gasteiger charge is -2.30. The largest absolute Gasteiger partial charge is 0.508 e. The number of aromatic hydroxyl groups is 1. The molecule has 0 radical (unpaired) electrons. The molecule has 1 N–H and O–H groups in total. The summed E-state index contributed by atoms with van der Waals surface area (Å²) in [4.78, 5) is 2.32. The number of phenolic OH excluding ortho intramolecular Hbond substituents is 1. The Bertz CT molecular complexity index is 835. The van der Waals surface area contributed by atoms with E-state index in [1.165, 1.54) is 48.2 Å². The van der Waals surface area contributed by atoms with Gasteiger partial charge in [0.15, 0.2) is 0 Å². The summed E-state index contributed by atoms with van der Waals surface area (Å²) in [5.74, 6) is 0.291. The van der Waals surface area contributed by atoms with Crippen molar-refractivity contribution in [2.45, 2.75) is 52.4 Å². The number of phenols is 1. The maximum Gasteiger partial charge on any atom is 0.117 e. The zero-order valence-corrected chi connectivity index (χ0v) is 17.1. The highest BCUT2D eigenvalue weighted by Gasteiger charge is 2.18. The number of anilines is 3. The van der Waals surface area contributed by atoms with Gasteiger partial charge in [0.25, 0.3) is 0 Å². The number of benzene rings is 3. The van der Waals surface area contributed by atoms with Crippen molar-refractivity contribution in [3.8, 4) is 5.75 Å². The monoisotopic (exact) mass is 373 g/mol. The van der Waals surface area contributed by atoms with Crippen LogP contribution in [0.2, 0.25) is 0 Å². The molecule has 3 rings (SSSR count). The van der Waals surface area contributed by atoms with Gasteiger partial charge in [0.05, 0.1) is 0 Å². The van der Waals surface area contributed by atoms with Crippen molar-refractivity contribution in [1.82, 2.24) is 0 Å². The van der Waals surface area contributed by atoms with Crippen LogP contribution < -0.4 is 4.90 Å². The number of nitrogens with zero attached hydrogens (tertiary/aromatic N) is 1. The molecule has 3 aromatic rings. The Morgan fingerprint density at radius 2 is 1.21 bits per heavy atom. The van der Waals surface area contributed by atoms with Crippen LogP contribution in [0.25, 0.3) is 0 Å². The van der Waals surface area contributed by atoms with Crippen molar-refractivity contribution in [3.05, 3.63) is 83.9 Å². The van der Waals surface area contributed by atoms with Crippen LogP contribution in [0, 0.1) is 0 Å². The molecule has 0 spiro atoms. The third-order valence-corrected chi connectivity index (χ3v) is 5.15. The second kappa shape index (κ2) is 9.98. The van der Waals surface area contributed by atoms with Gasteiger partial charge < -0.3 is 10.0 Å². The maximum absolute atomic E-state index is 10.2. The van der Waals surface area contributed by atoms with Gasteiger partial charge >= 0.3 is 0 Å². The number of para-hydroxylation sites is 2. The molecular weight excluding hydrogens is 342 g/mol. The predicted octanol–water partition coefficient (Wildman–Crippen LogP) is 7.55. The number of rotatable bonds is 9. The van der Waals surface area contributed by atoms with E-state index in [2.05, 4.69) is 73.3 Å². The first kappa shape index (κ1) is 20.0. The number of hydrogen-bond donors (Lipinski definition) is 1. The van der Waals surface area contributed by atoms with E-state index in [0.29, 0.717) is 5.75 Å². The van der Waals surface area contributed by atoms with Crippen LogP contribution in [0.3, 0.4) is 0 Å². The van der Waals surface area contributed by atoms with Crippen molar-refractivity contribution >= 4 is 17.1 Å².